The highest BCUT2D eigenvalue weighted by Crippen LogP contribution is 2.11. The van der Waals surface area contributed by atoms with Crippen LogP contribution in [0.1, 0.15) is 19.4 Å². The molecule has 0 amide bonds. The molecule has 0 aliphatic heterocycles. The summed E-state index contributed by atoms with van der Waals surface area (Å²) < 4.78 is 10.7. The molecule has 0 radical (unpaired) electrons. The molecule has 0 bridgehead atoms. The van der Waals surface area contributed by atoms with Crippen LogP contribution in [-0.2, 0) is 11.3 Å². The topological polar surface area (TPSA) is 51.6 Å². The van der Waals surface area contributed by atoms with Crippen molar-refractivity contribution < 1.29 is 14.6 Å². The average Bonchev–Trinajstić information content (AvgIpc) is 2.26. The van der Waals surface area contributed by atoms with Gasteiger partial charge in [0.15, 0.2) is 0 Å². The van der Waals surface area contributed by atoms with Crippen LogP contribution in [0.25, 0.3) is 0 Å². The third-order valence-electron chi connectivity index (χ3n) is 1.86. The fourth-order valence-corrected chi connectivity index (χ4v) is 1.14. The van der Waals surface area contributed by atoms with E-state index in [9.17, 15) is 0 Å². The molecule has 4 nitrogen and oxygen atoms in total. The monoisotopic (exact) mass is 211 g/mol. The van der Waals surface area contributed by atoms with Crippen molar-refractivity contribution in [3.63, 3.8) is 0 Å². The smallest absolute Gasteiger partial charge is 0.213 e. The maximum atomic E-state index is 8.93. The number of aromatic nitrogens is 1. The largest absolute Gasteiger partial charge is 0.472 e. The van der Waals surface area contributed by atoms with Crippen LogP contribution in [0.3, 0.4) is 0 Å². The van der Waals surface area contributed by atoms with Crippen molar-refractivity contribution in [1.82, 2.24) is 4.98 Å². The maximum Gasteiger partial charge on any atom is 0.213 e. The zero-order valence-electron chi connectivity index (χ0n) is 9.14. The van der Waals surface area contributed by atoms with Gasteiger partial charge in [0.1, 0.15) is 6.10 Å². The van der Waals surface area contributed by atoms with Crippen molar-refractivity contribution in [2.75, 3.05) is 13.2 Å². The van der Waals surface area contributed by atoms with Crippen LogP contribution in [0, 0.1) is 0 Å². The number of ether oxygens (including phenoxy) is 2. The van der Waals surface area contributed by atoms with Crippen molar-refractivity contribution in [3.8, 4) is 5.88 Å². The van der Waals surface area contributed by atoms with Crippen LogP contribution in [-0.4, -0.2) is 29.4 Å². The fourth-order valence-electron chi connectivity index (χ4n) is 1.14. The van der Waals surface area contributed by atoms with E-state index < -0.39 is 0 Å². The minimum absolute atomic E-state index is 0.00127. The summed E-state index contributed by atoms with van der Waals surface area (Å²) in [6.45, 7) is 5.08. The molecular weight excluding hydrogens is 194 g/mol. The van der Waals surface area contributed by atoms with Crippen molar-refractivity contribution >= 4 is 0 Å². The molecule has 0 spiro atoms. The molecule has 0 fully saturated rings. The van der Waals surface area contributed by atoms with E-state index >= 15 is 0 Å². The first kappa shape index (κ1) is 11.9. The first-order valence-electron chi connectivity index (χ1n) is 5.06. The van der Waals surface area contributed by atoms with Crippen molar-refractivity contribution in [2.24, 2.45) is 0 Å². The maximum absolute atomic E-state index is 8.93. The molecule has 1 aromatic heterocycles. The van der Waals surface area contributed by atoms with E-state index in [0.29, 0.717) is 19.1 Å². The number of hydrogen-bond donors (Lipinski definition) is 1. The SMILES string of the molecule is CCOCC(C)Oc1cc(CO)ccn1. The van der Waals surface area contributed by atoms with Crippen LogP contribution < -0.4 is 4.74 Å². The lowest BCUT2D eigenvalue weighted by molar-refractivity contribution is 0.0632. The fraction of sp³-hybridized carbons (Fsp3) is 0.545. The summed E-state index contributed by atoms with van der Waals surface area (Å²) >= 11 is 0. The van der Waals surface area contributed by atoms with Gasteiger partial charge in [-0.2, -0.15) is 0 Å². The highest BCUT2D eigenvalue weighted by atomic mass is 16.5. The van der Waals surface area contributed by atoms with Gasteiger partial charge in [-0.05, 0) is 25.5 Å². The van der Waals surface area contributed by atoms with E-state index in [-0.39, 0.29) is 12.7 Å². The Bertz CT molecular complexity index is 291. The van der Waals surface area contributed by atoms with Gasteiger partial charge >= 0.3 is 0 Å². The summed E-state index contributed by atoms with van der Waals surface area (Å²) in [7, 11) is 0. The second-order valence-electron chi connectivity index (χ2n) is 3.25. The number of rotatable bonds is 6. The summed E-state index contributed by atoms with van der Waals surface area (Å²) in [6.07, 6.45) is 1.58. The molecule has 0 aromatic carbocycles. The van der Waals surface area contributed by atoms with E-state index in [2.05, 4.69) is 4.98 Å². The molecule has 84 valence electrons. The molecule has 1 aromatic rings. The second-order valence-corrected chi connectivity index (χ2v) is 3.25. The van der Waals surface area contributed by atoms with Gasteiger partial charge in [0.05, 0.1) is 13.2 Å². The molecule has 1 N–H and O–H groups in total. The van der Waals surface area contributed by atoms with Gasteiger partial charge < -0.3 is 14.6 Å². The zero-order valence-corrected chi connectivity index (χ0v) is 9.14. The van der Waals surface area contributed by atoms with E-state index in [1.165, 1.54) is 0 Å². The summed E-state index contributed by atoms with van der Waals surface area (Å²) in [4.78, 5) is 4.05. The summed E-state index contributed by atoms with van der Waals surface area (Å²) in [5, 5.41) is 8.93. The third-order valence-corrected chi connectivity index (χ3v) is 1.86. The Kier molecular flexibility index (Phi) is 5.07. The number of nitrogens with zero attached hydrogens (tertiary/aromatic N) is 1. The average molecular weight is 211 g/mol. The Morgan fingerprint density at radius 2 is 2.33 bits per heavy atom. The number of pyridine rings is 1. The Labute approximate surface area is 89.9 Å². The lowest BCUT2D eigenvalue weighted by atomic mass is 10.3. The number of hydrogen-bond acceptors (Lipinski definition) is 4. The van der Waals surface area contributed by atoms with Gasteiger partial charge in [-0.1, -0.05) is 0 Å². The zero-order chi connectivity index (χ0) is 11.1. The molecule has 15 heavy (non-hydrogen) atoms. The third kappa shape index (κ3) is 4.27. The van der Waals surface area contributed by atoms with Crippen molar-refractivity contribution in [2.45, 2.75) is 26.6 Å². The Morgan fingerprint density at radius 3 is 3.00 bits per heavy atom. The van der Waals surface area contributed by atoms with E-state index in [0.717, 1.165) is 5.56 Å². The molecule has 0 saturated heterocycles. The molecule has 1 atom stereocenters. The van der Waals surface area contributed by atoms with Gasteiger partial charge in [-0.3, -0.25) is 0 Å². The van der Waals surface area contributed by atoms with Gasteiger partial charge in [-0.25, -0.2) is 4.98 Å². The van der Waals surface area contributed by atoms with E-state index in [4.69, 9.17) is 14.6 Å². The van der Waals surface area contributed by atoms with Gasteiger partial charge in [0.2, 0.25) is 5.88 Å². The van der Waals surface area contributed by atoms with Crippen LogP contribution in [0.5, 0.6) is 5.88 Å². The van der Waals surface area contributed by atoms with Crippen molar-refractivity contribution in [1.29, 1.82) is 0 Å². The lowest BCUT2D eigenvalue weighted by Gasteiger charge is -2.13. The lowest BCUT2D eigenvalue weighted by Crippen LogP contribution is -2.19. The number of aliphatic hydroxyl groups excluding tert-OH is 1. The quantitative estimate of drug-likeness (QED) is 0.772. The molecule has 1 heterocycles. The highest BCUT2D eigenvalue weighted by Gasteiger charge is 2.05. The molecule has 0 aliphatic rings. The van der Waals surface area contributed by atoms with Crippen LogP contribution in [0.2, 0.25) is 0 Å². The first-order valence-corrected chi connectivity index (χ1v) is 5.06. The highest BCUT2D eigenvalue weighted by molar-refractivity contribution is 5.19. The van der Waals surface area contributed by atoms with E-state index in [1.54, 1.807) is 18.3 Å². The Balaban J connectivity index is 2.48. The summed E-state index contributed by atoms with van der Waals surface area (Å²) in [5.74, 6) is 0.522. The molecule has 0 saturated carbocycles. The van der Waals surface area contributed by atoms with Crippen molar-refractivity contribution in [3.05, 3.63) is 23.9 Å². The van der Waals surface area contributed by atoms with E-state index in [1.807, 2.05) is 13.8 Å². The number of aliphatic hydroxyl groups is 1. The van der Waals surface area contributed by atoms with Gasteiger partial charge in [0.25, 0.3) is 0 Å². The standard InChI is InChI=1S/C11H17NO3/c1-3-14-8-9(2)15-11-6-10(7-13)4-5-12-11/h4-6,9,13H,3,7-8H2,1-2H3. The molecule has 1 rings (SSSR count). The normalized spacial score (nSPS) is 12.5. The predicted molar refractivity (Wildman–Crippen MR) is 56.7 cm³/mol. The van der Waals surface area contributed by atoms with Gasteiger partial charge in [-0.15, -0.1) is 0 Å². The molecule has 0 aliphatic carbocycles. The van der Waals surface area contributed by atoms with Crippen LogP contribution in [0.15, 0.2) is 18.3 Å². The Morgan fingerprint density at radius 1 is 1.53 bits per heavy atom. The molecule has 4 heteroatoms. The second kappa shape index (κ2) is 6.37. The molecule has 1 unspecified atom stereocenters. The van der Waals surface area contributed by atoms with Crippen LogP contribution >= 0.6 is 0 Å². The summed E-state index contributed by atoms with van der Waals surface area (Å²) in [5.41, 5.74) is 0.795. The molecular formula is C11H17NO3. The predicted octanol–water partition coefficient (Wildman–Crippen LogP) is 1.38. The first-order chi connectivity index (χ1) is 7.26. The minimum Gasteiger partial charge on any atom is -0.472 e. The Hall–Kier alpha value is -1.13. The van der Waals surface area contributed by atoms with Crippen LogP contribution in [0.4, 0.5) is 0 Å². The minimum atomic E-state index is -0.0357. The summed E-state index contributed by atoms with van der Waals surface area (Å²) in [6, 6.07) is 3.47. The van der Waals surface area contributed by atoms with Gasteiger partial charge in [0, 0.05) is 18.9 Å².